The minimum Gasteiger partial charge on any atom is -0.457 e. The number of unbranched alkanes of at least 4 members (excludes halogenated alkanes) is 2. The molecule has 0 saturated carbocycles. The molecule has 2 aromatic rings. The van der Waals surface area contributed by atoms with E-state index < -0.39 is 0 Å². The van der Waals surface area contributed by atoms with Crippen LogP contribution in [0.2, 0.25) is 0 Å². The van der Waals surface area contributed by atoms with E-state index in [0.29, 0.717) is 0 Å². The van der Waals surface area contributed by atoms with Crippen molar-refractivity contribution in [2.75, 3.05) is 0 Å². The highest BCUT2D eigenvalue weighted by atomic mass is 16.5. The topological polar surface area (TPSA) is 9.23 Å². The Kier molecular flexibility index (Phi) is 5.62. The van der Waals surface area contributed by atoms with Gasteiger partial charge >= 0.3 is 0 Å². The second-order valence-electron chi connectivity index (χ2n) is 5.50. The molecule has 1 heteroatoms. The van der Waals surface area contributed by atoms with Gasteiger partial charge in [-0.1, -0.05) is 49.2 Å². The molecule has 0 radical (unpaired) electrons. The third-order valence-corrected chi connectivity index (χ3v) is 3.41. The van der Waals surface area contributed by atoms with Gasteiger partial charge in [-0.2, -0.15) is 0 Å². The molecule has 0 unspecified atom stereocenters. The normalized spacial score (nSPS) is 11.5. The van der Waals surface area contributed by atoms with Crippen molar-refractivity contribution in [2.45, 2.75) is 40.0 Å². The average Bonchev–Trinajstić information content (AvgIpc) is 2.46. The molecule has 1 nitrogen and oxygen atoms in total. The lowest BCUT2D eigenvalue weighted by Crippen LogP contribution is -1.96. The molecule has 2 rings (SSSR count). The van der Waals surface area contributed by atoms with Gasteiger partial charge in [0.05, 0.1) is 0 Å². The van der Waals surface area contributed by atoms with Crippen LogP contribution in [0.5, 0.6) is 5.75 Å². The molecule has 0 aliphatic heterocycles. The van der Waals surface area contributed by atoms with Crippen LogP contribution in [0.1, 0.15) is 42.9 Å². The minimum absolute atomic E-state index is 0.902. The smallest absolute Gasteiger partial charge is 0.130 e. The molecule has 0 aromatic heterocycles. The number of aryl methyl sites for hydroxylation is 2. The molecule has 0 N–H and O–H groups in total. The van der Waals surface area contributed by atoms with Gasteiger partial charge in [-0.15, -0.1) is 0 Å². The van der Waals surface area contributed by atoms with Crippen LogP contribution in [0, 0.1) is 13.8 Å². The Bertz CT molecular complexity index is 611. The largest absolute Gasteiger partial charge is 0.457 e. The van der Waals surface area contributed by atoms with E-state index in [0.717, 1.165) is 23.5 Å². The molecule has 0 bridgehead atoms. The summed E-state index contributed by atoms with van der Waals surface area (Å²) in [4.78, 5) is 0. The lowest BCUT2D eigenvalue weighted by atomic mass is 10.1. The van der Waals surface area contributed by atoms with Crippen LogP contribution in [-0.4, -0.2) is 0 Å². The molecular weight excluding hydrogens is 256 g/mol. The molecule has 110 valence electrons. The summed E-state index contributed by atoms with van der Waals surface area (Å²) in [6.45, 7) is 6.40. The lowest BCUT2D eigenvalue weighted by molar-refractivity contribution is 0.511. The summed E-state index contributed by atoms with van der Waals surface area (Å²) in [5.74, 6) is 1.86. The van der Waals surface area contributed by atoms with Gasteiger partial charge in [-0.3, -0.25) is 0 Å². The van der Waals surface area contributed by atoms with Crippen LogP contribution >= 0.6 is 0 Å². The molecule has 0 spiro atoms. The van der Waals surface area contributed by atoms with Crippen molar-refractivity contribution in [1.29, 1.82) is 0 Å². The van der Waals surface area contributed by atoms with Crippen molar-refractivity contribution >= 4 is 5.76 Å². The summed E-state index contributed by atoms with van der Waals surface area (Å²) in [7, 11) is 0. The molecule has 2 aromatic carbocycles. The highest BCUT2D eigenvalue weighted by Crippen LogP contribution is 2.23. The highest BCUT2D eigenvalue weighted by Gasteiger charge is 2.05. The van der Waals surface area contributed by atoms with E-state index in [2.05, 4.69) is 63.2 Å². The molecule has 0 saturated heterocycles. The lowest BCUT2D eigenvalue weighted by Gasteiger charge is -2.12. The van der Waals surface area contributed by atoms with E-state index in [9.17, 15) is 0 Å². The first-order valence-corrected chi connectivity index (χ1v) is 7.71. The summed E-state index contributed by atoms with van der Waals surface area (Å²) < 4.78 is 6.14. The van der Waals surface area contributed by atoms with Crippen LogP contribution < -0.4 is 4.74 Å². The Labute approximate surface area is 128 Å². The second kappa shape index (κ2) is 7.68. The first kappa shape index (κ1) is 15.4. The second-order valence-corrected chi connectivity index (χ2v) is 5.50. The number of allylic oxidation sites excluding steroid dienone is 1. The number of ether oxygens (including phenoxy) is 1. The van der Waals surface area contributed by atoms with E-state index >= 15 is 0 Å². The molecule has 0 atom stereocenters. The molecule has 0 amide bonds. The predicted octanol–water partition coefficient (Wildman–Crippen LogP) is 5.91. The Balaban J connectivity index is 2.26. The van der Waals surface area contributed by atoms with Gasteiger partial charge in [0, 0.05) is 5.56 Å². The van der Waals surface area contributed by atoms with Crippen LogP contribution in [-0.2, 0) is 0 Å². The van der Waals surface area contributed by atoms with Crippen LogP contribution in [0.25, 0.3) is 5.76 Å². The predicted molar refractivity (Wildman–Crippen MR) is 90.5 cm³/mol. The number of benzene rings is 2. The summed E-state index contributed by atoms with van der Waals surface area (Å²) in [5, 5.41) is 0. The van der Waals surface area contributed by atoms with Crippen LogP contribution in [0.4, 0.5) is 0 Å². The number of hydrogen-bond donors (Lipinski definition) is 0. The maximum atomic E-state index is 6.14. The van der Waals surface area contributed by atoms with E-state index in [1.807, 2.05) is 12.1 Å². The quantitative estimate of drug-likeness (QED) is 0.472. The van der Waals surface area contributed by atoms with Gasteiger partial charge in [-0.05, 0) is 56.5 Å². The Hall–Kier alpha value is -2.02. The number of rotatable bonds is 6. The molecule has 0 heterocycles. The summed E-state index contributed by atoms with van der Waals surface area (Å²) in [5.41, 5.74) is 3.61. The van der Waals surface area contributed by atoms with Crippen molar-refractivity contribution in [2.24, 2.45) is 0 Å². The first-order valence-electron chi connectivity index (χ1n) is 7.71. The highest BCUT2D eigenvalue weighted by molar-refractivity contribution is 5.62. The molecule has 0 fully saturated rings. The third kappa shape index (κ3) is 4.78. The zero-order valence-electron chi connectivity index (χ0n) is 13.2. The van der Waals surface area contributed by atoms with Gasteiger partial charge in [-0.25, -0.2) is 0 Å². The van der Waals surface area contributed by atoms with E-state index in [1.54, 1.807) is 0 Å². The molecule has 21 heavy (non-hydrogen) atoms. The van der Waals surface area contributed by atoms with Gasteiger partial charge in [0.1, 0.15) is 11.5 Å². The average molecular weight is 280 g/mol. The van der Waals surface area contributed by atoms with Gasteiger partial charge < -0.3 is 4.74 Å². The van der Waals surface area contributed by atoms with Gasteiger partial charge in [0.2, 0.25) is 0 Å². The number of hydrogen-bond acceptors (Lipinski definition) is 1. The Morgan fingerprint density at radius 3 is 2.38 bits per heavy atom. The van der Waals surface area contributed by atoms with Gasteiger partial charge in [0.15, 0.2) is 0 Å². The summed E-state index contributed by atoms with van der Waals surface area (Å²) in [6, 6.07) is 16.7. The van der Waals surface area contributed by atoms with E-state index in [4.69, 9.17) is 4.74 Å². The third-order valence-electron chi connectivity index (χ3n) is 3.41. The molecule has 0 aliphatic rings. The minimum atomic E-state index is 0.902. The van der Waals surface area contributed by atoms with Crippen molar-refractivity contribution < 1.29 is 4.74 Å². The monoisotopic (exact) mass is 280 g/mol. The molecule has 0 aliphatic carbocycles. The summed E-state index contributed by atoms with van der Waals surface area (Å²) in [6.07, 6.45) is 5.64. The van der Waals surface area contributed by atoms with Gasteiger partial charge in [0.25, 0.3) is 0 Å². The fourth-order valence-electron chi connectivity index (χ4n) is 2.26. The Morgan fingerprint density at radius 1 is 1.00 bits per heavy atom. The summed E-state index contributed by atoms with van der Waals surface area (Å²) >= 11 is 0. The van der Waals surface area contributed by atoms with Crippen LogP contribution in [0.15, 0.2) is 54.6 Å². The zero-order valence-corrected chi connectivity index (χ0v) is 13.2. The Morgan fingerprint density at radius 2 is 1.71 bits per heavy atom. The maximum Gasteiger partial charge on any atom is 0.130 e. The van der Waals surface area contributed by atoms with E-state index in [-0.39, 0.29) is 0 Å². The van der Waals surface area contributed by atoms with Crippen molar-refractivity contribution in [3.63, 3.8) is 0 Å². The van der Waals surface area contributed by atoms with E-state index in [1.165, 1.54) is 24.0 Å². The maximum absolute atomic E-state index is 6.14. The van der Waals surface area contributed by atoms with Crippen LogP contribution in [0.3, 0.4) is 0 Å². The van der Waals surface area contributed by atoms with Crippen molar-refractivity contribution in [3.05, 3.63) is 71.3 Å². The van der Waals surface area contributed by atoms with Crippen molar-refractivity contribution in [1.82, 2.24) is 0 Å². The SMILES string of the molecule is CCCC/C=C(\Oc1cccc(C)c1)c1cccc(C)c1. The first-order chi connectivity index (χ1) is 10.2. The fraction of sp³-hybridized carbons (Fsp3) is 0.300. The molecular formula is C20H24O. The standard InChI is InChI=1S/C20H24O/c1-4-5-6-13-20(18-11-7-9-16(2)14-18)21-19-12-8-10-17(3)15-19/h7-15H,4-6H2,1-3H3/b20-13-. The van der Waals surface area contributed by atoms with Crippen molar-refractivity contribution in [3.8, 4) is 5.75 Å². The zero-order chi connectivity index (χ0) is 15.1. The fourth-order valence-corrected chi connectivity index (χ4v) is 2.26.